The normalized spacial score (nSPS) is 10.1. The number of aromatic nitrogens is 1. The highest BCUT2D eigenvalue weighted by atomic mass is 32.1. The van der Waals surface area contributed by atoms with E-state index in [-0.39, 0.29) is 6.03 Å². The van der Waals surface area contributed by atoms with Crippen LogP contribution < -0.4 is 10.6 Å². The van der Waals surface area contributed by atoms with E-state index < -0.39 is 0 Å². The van der Waals surface area contributed by atoms with Crippen LogP contribution in [0.1, 0.15) is 16.0 Å². The second kappa shape index (κ2) is 5.64. The molecule has 0 aliphatic carbocycles. The molecule has 1 aromatic heterocycles. The zero-order chi connectivity index (χ0) is 13.0. The lowest BCUT2D eigenvalue weighted by Crippen LogP contribution is -2.28. The minimum Gasteiger partial charge on any atom is -0.334 e. The van der Waals surface area contributed by atoms with Gasteiger partial charge in [0, 0.05) is 17.6 Å². The zero-order valence-corrected chi connectivity index (χ0v) is 11.2. The molecular weight excluding hydrogens is 246 g/mol. The number of rotatable bonds is 3. The van der Waals surface area contributed by atoms with Crippen LogP contribution in [-0.4, -0.2) is 11.0 Å². The molecule has 0 radical (unpaired) electrons. The largest absolute Gasteiger partial charge is 0.334 e. The number of aryl methyl sites for hydroxylation is 2. The van der Waals surface area contributed by atoms with Gasteiger partial charge in [-0.15, -0.1) is 11.3 Å². The fourth-order valence-corrected chi connectivity index (χ4v) is 2.22. The molecule has 94 valence electrons. The Labute approximate surface area is 110 Å². The molecule has 0 bridgehead atoms. The number of hydrogen-bond acceptors (Lipinski definition) is 3. The number of nitrogens with zero attached hydrogens (tertiary/aromatic N) is 1. The highest BCUT2D eigenvalue weighted by Gasteiger charge is 2.04. The molecule has 2 N–H and O–H groups in total. The monoisotopic (exact) mass is 261 g/mol. The summed E-state index contributed by atoms with van der Waals surface area (Å²) in [4.78, 5) is 16.8. The Hall–Kier alpha value is -1.88. The third-order valence-electron chi connectivity index (χ3n) is 2.38. The maximum absolute atomic E-state index is 11.6. The molecule has 0 spiro atoms. The van der Waals surface area contributed by atoms with Gasteiger partial charge in [0.1, 0.15) is 0 Å². The molecule has 0 fully saturated rings. The summed E-state index contributed by atoms with van der Waals surface area (Å²) in [5.41, 5.74) is 2.27. The molecule has 1 aromatic carbocycles. The van der Waals surface area contributed by atoms with E-state index in [4.69, 9.17) is 0 Å². The van der Waals surface area contributed by atoms with Gasteiger partial charge in [0.15, 0.2) is 5.13 Å². The summed E-state index contributed by atoms with van der Waals surface area (Å²) < 4.78 is 0. The first-order valence-corrected chi connectivity index (χ1v) is 6.48. The summed E-state index contributed by atoms with van der Waals surface area (Å²) in [5.74, 6) is 0. The number of carbonyl (C=O) groups is 1. The molecule has 2 amide bonds. The van der Waals surface area contributed by atoms with Crippen molar-refractivity contribution in [3.8, 4) is 0 Å². The molecule has 0 aliphatic rings. The number of benzene rings is 1. The summed E-state index contributed by atoms with van der Waals surface area (Å²) >= 11 is 1.46. The van der Waals surface area contributed by atoms with E-state index in [0.29, 0.717) is 11.7 Å². The molecule has 4 nitrogen and oxygen atoms in total. The maximum Gasteiger partial charge on any atom is 0.321 e. The Balaban J connectivity index is 1.85. The van der Waals surface area contributed by atoms with Crippen molar-refractivity contribution >= 4 is 22.5 Å². The number of anilines is 1. The Morgan fingerprint density at radius 1 is 1.39 bits per heavy atom. The maximum atomic E-state index is 11.6. The summed E-state index contributed by atoms with van der Waals surface area (Å²) in [5, 5.41) is 6.13. The lowest BCUT2D eigenvalue weighted by atomic mass is 10.1. The van der Waals surface area contributed by atoms with Gasteiger partial charge in [-0.05, 0) is 19.4 Å². The van der Waals surface area contributed by atoms with Gasteiger partial charge in [-0.3, -0.25) is 5.32 Å². The molecule has 0 saturated heterocycles. The van der Waals surface area contributed by atoms with E-state index in [2.05, 4.69) is 15.6 Å². The van der Waals surface area contributed by atoms with E-state index in [9.17, 15) is 4.79 Å². The van der Waals surface area contributed by atoms with E-state index in [1.165, 1.54) is 16.9 Å². The van der Waals surface area contributed by atoms with Crippen LogP contribution in [0, 0.1) is 13.8 Å². The Bertz CT molecular complexity index is 551. The number of carbonyl (C=O) groups excluding carboxylic acids is 1. The molecule has 0 unspecified atom stereocenters. The molecule has 2 aromatic rings. The fraction of sp³-hybridized carbons (Fsp3) is 0.231. The number of hydrogen-bond donors (Lipinski definition) is 2. The third-order valence-corrected chi connectivity index (χ3v) is 3.21. The van der Waals surface area contributed by atoms with Crippen LogP contribution in [0.15, 0.2) is 30.5 Å². The molecule has 0 saturated carbocycles. The van der Waals surface area contributed by atoms with Crippen molar-refractivity contribution in [1.29, 1.82) is 0 Å². The van der Waals surface area contributed by atoms with Gasteiger partial charge < -0.3 is 5.32 Å². The van der Waals surface area contributed by atoms with Crippen molar-refractivity contribution in [2.45, 2.75) is 20.4 Å². The SMILES string of the molecule is Cc1cccc(CNC(=O)Nc2ncc(C)s2)c1. The molecule has 2 rings (SSSR count). The van der Waals surface area contributed by atoms with Crippen LogP contribution in [0.2, 0.25) is 0 Å². The first-order valence-electron chi connectivity index (χ1n) is 5.66. The standard InChI is InChI=1S/C13H15N3OS/c1-9-4-3-5-11(6-9)8-14-12(17)16-13-15-7-10(2)18-13/h3-7H,8H2,1-2H3,(H2,14,15,16,17). The van der Waals surface area contributed by atoms with Gasteiger partial charge in [-0.2, -0.15) is 0 Å². The highest BCUT2D eigenvalue weighted by molar-refractivity contribution is 7.15. The summed E-state index contributed by atoms with van der Waals surface area (Å²) in [6.45, 7) is 4.49. The average Bonchev–Trinajstić information content (AvgIpc) is 2.72. The van der Waals surface area contributed by atoms with E-state index in [1.54, 1.807) is 6.20 Å². The number of amides is 2. The van der Waals surface area contributed by atoms with Gasteiger partial charge >= 0.3 is 6.03 Å². The predicted octanol–water partition coefficient (Wildman–Crippen LogP) is 3.08. The van der Waals surface area contributed by atoms with Gasteiger partial charge in [-0.25, -0.2) is 9.78 Å². The second-order valence-electron chi connectivity index (χ2n) is 4.07. The van der Waals surface area contributed by atoms with Gasteiger partial charge in [0.2, 0.25) is 0 Å². The molecule has 5 heteroatoms. The van der Waals surface area contributed by atoms with Crippen LogP contribution >= 0.6 is 11.3 Å². The van der Waals surface area contributed by atoms with Crippen molar-refractivity contribution in [2.24, 2.45) is 0 Å². The van der Waals surface area contributed by atoms with Crippen molar-refractivity contribution in [2.75, 3.05) is 5.32 Å². The van der Waals surface area contributed by atoms with Crippen LogP contribution in [0.25, 0.3) is 0 Å². The molecule has 1 heterocycles. The van der Waals surface area contributed by atoms with E-state index >= 15 is 0 Å². The van der Waals surface area contributed by atoms with Crippen molar-refractivity contribution < 1.29 is 4.79 Å². The van der Waals surface area contributed by atoms with Crippen molar-refractivity contribution in [3.05, 3.63) is 46.5 Å². The second-order valence-corrected chi connectivity index (χ2v) is 5.31. The molecular formula is C13H15N3OS. The molecule has 18 heavy (non-hydrogen) atoms. The molecule has 0 aliphatic heterocycles. The minimum atomic E-state index is -0.231. The topological polar surface area (TPSA) is 54.0 Å². The Kier molecular flexibility index (Phi) is 3.94. The fourth-order valence-electron chi connectivity index (χ4n) is 1.56. The van der Waals surface area contributed by atoms with E-state index in [0.717, 1.165) is 10.4 Å². The van der Waals surface area contributed by atoms with Crippen molar-refractivity contribution in [1.82, 2.24) is 10.3 Å². The van der Waals surface area contributed by atoms with Gasteiger partial charge in [0.05, 0.1) is 0 Å². The van der Waals surface area contributed by atoms with Crippen molar-refractivity contribution in [3.63, 3.8) is 0 Å². The average molecular weight is 261 g/mol. The van der Waals surface area contributed by atoms with Crippen LogP contribution in [-0.2, 0) is 6.54 Å². The Morgan fingerprint density at radius 3 is 2.89 bits per heavy atom. The number of nitrogens with one attached hydrogen (secondary N) is 2. The quantitative estimate of drug-likeness (QED) is 0.892. The first kappa shape index (κ1) is 12.6. The summed E-state index contributed by atoms with van der Waals surface area (Å²) in [7, 11) is 0. The van der Waals surface area contributed by atoms with E-state index in [1.807, 2.05) is 38.1 Å². The predicted molar refractivity (Wildman–Crippen MR) is 73.9 cm³/mol. The number of thiazole rings is 1. The highest BCUT2D eigenvalue weighted by Crippen LogP contribution is 2.16. The lowest BCUT2D eigenvalue weighted by Gasteiger charge is -2.06. The van der Waals surface area contributed by atoms with Gasteiger partial charge in [0.25, 0.3) is 0 Å². The summed E-state index contributed by atoms with van der Waals surface area (Å²) in [6.07, 6.45) is 1.74. The smallest absolute Gasteiger partial charge is 0.321 e. The lowest BCUT2D eigenvalue weighted by molar-refractivity contribution is 0.251. The Morgan fingerprint density at radius 2 is 2.22 bits per heavy atom. The minimum absolute atomic E-state index is 0.231. The molecule has 0 atom stereocenters. The summed E-state index contributed by atoms with van der Waals surface area (Å²) in [6, 6.07) is 7.82. The van der Waals surface area contributed by atoms with Crippen LogP contribution in [0.4, 0.5) is 9.93 Å². The zero-order valence-electron chi connectivity index (χ0n) is 10.4. The van der Waals surface area contributed by atoms with Crippen LogP contribution in [0.5, 0.6) is 0 Å². The first-order chi connectivity index (χ1) is 8.63. The van der Waals surface area contributed by atoms with Crippen LogP contribution in [0.3, 0.4) is 0 Å². The third kappa shape index (κ3) is 3.56. The van der Waals surface area contributed by atoms with Gasteiger partial charge in [-0.1, -0.05) is 29.8 Å². The number of urea groups is 1.